The molecule has 3 rings (SSSR count). The number of hydrogen-bond acceptors (Lipinski definition) is 7. The molecule has 2 aromatic rings. The molecule has 0 saturated carbocycles. The van der Waals surface area contributed by atoms with Crippen molar-refractivity contribution in [2.24, 2.45) is 0 Å². The summed E-state index contributed by atoms with van der Waals surface area (Å²) < 4.78 is 44.0. The van der Waals surface area contributed by atoms with Gasteiger partial charge in [0.05, 0.1) is 30.2 Å². The van der Waals surface area contributed by atoms with Crippen molar-refractivity contribution in [1.29, 1.82) is 0 Å². The molecule has 2 heterocycles. The van der Waals surface area contributed by atoms with Gasteiger partial charge >= 0.3 is 5.97 Å². The maximum absolute atomic E-state index is 13.5. The Morgan fingerprint density at radius 2 is 1.91 bits per heavy atom. The second-order valence-corrected chi connectivity index (χ2v) is 10.1. The molecule has 1 N–H and O–H groups in total. The van der Waals surface area contributed by atoms with Crippen LogP contribution in [0.5, 0.6) is 0 Å². The standard InChI is InChI=1S/C22H26FN3O5S/c1-13(2)20-18(10-9-17-11-16(27)12-19(28)31-17)21(14-5-7-15(23)8-6-14)25-22(24-20)26(3)32(4,29)30/h5-10,13,16-17,27H,11-12H2,1-4H3/b10-9+/t16-,17-/m1/s1. The highest BCUT2D eigenvalue weighted by atomic mass is 32.2. The van der Waals surface area contributed by atoms with Gasteiger partial charge in [0.25, 0.3) is 0 Å². The highest BCUT2D eigenvalue weighted by molar-refractivity contribution is 7.92. The van der Waals surface area contributed by atoms with E-state index in [1.54, 1.807) is 24.3 Å². The largest absolute Gasteiger partial charge is 0.458 e. The summed E-state index contributed by atoms with van der Waals surface area (Å²) in [5, 5.41) is 9.86. The quantitative estimate of drug-likeness (QED) is 0.656. The molecule has 0 spiro atoms. The minimum absolute atomic E-state index is 0.00723. The van der Waals surface area contributed by atoms with Gasteiger partial charge in [-0.15, -0.1) is 0 Å². The molecule has 1 saturated heterocycles. The lowest BCUT2D eigenvalue weighted by molar-refractivity contribution is -0.156. The van der Waals surface area contributed by atoms with Crippen molar-refractivity contribution < 1.29 is 27.4 Å². The third-order valence-corrected chi connectivity index (χ3v) is 6.23. The number of aliphatic hydroxyl groups excluding tert-OH is 1. The van der Waals surface area contributed by atoms with Crippen LogP contribution in [0.4, 0.5) is 10.3 Å². The van der Waals surface area contributed by atoms with Crippen LogP contribution < -0.4 is 4.31 Å². The molecule has 1 aliphatic heterocycles. The van der Waals surface area contributed by atoms with Crippen molar-refractivity contribution in [3.63, 3.8) is 0 Å². The molecule has 0 bridgehead atoms. The van der Waals surface area contributed by atoms with Gasteiger partial charge in [0, 0.05) is 24.6 Å². The highest BCUT2D eigenvalue weighted by Gasteiger charge is 2.26. The smallest absolute Gasteiger partial charge is 0.309 e. The molecule has 0 aliphatic carbocycles. The van der Waals surface area contributed by atoms with Crippen LogP contribution in [0.2, 0.25) is 0 Å². The Labute approximate surface area is 186 Å². The van der Waals surface area contributed by atoms with Crippen LogP contribution in [0.25, 0.3) is 17.3 Å². The van der Waals surface area contributed by atoms with Gasteiger partial charge in [-0.25, -0.2) is 27.1 Å². The lowest BCUT2D eigenvalue weighted by atomic mass is 9.97. The topological polar surface area (TPSA) is 110 Å². The zero-order valence-electron chi connectivity index (χ0n) is 18.3. The van der Waals surface area contributed by atoms with E-state index >= 15 is 0 Å². The van der Waals surface area contributed by atoms with Gasteiger partial charge < -0.3 is 9.84 Å². The Kier molecular flexibility index (Phi) is 6.94. The van der Waals surface area contributed by atoms with Gasteiger partial charge in [-0.2, -0.15) is 0 Å². The summed E-state index contributed by atoms with van der Waals surface area (Å²) in [6.45, 7) is 3.81. The summed E-state index contributed by atoms with van der Waals surface area (Å²) >= 11 is 0. The molecular weight excluding hydrogens is 437 g/mol. The first-order valence-electron chi connectivity index (χ1n) is 10.1. The minimum Gasteiger partial charge on any atom is -0.458 e. The molecule has 1 fully saturated rings. The lowest BCUT2D eigenvalue weighted by Gasteiger charge is -2.24. The van der Waals surface area contributed by atoms with Crippen molar-refractivity contribution in [2.45, 2.75) is 44.8 Å². The van der Waals surface area contributed by atoms with E-state index in [0.29, 0.717) is 22.5 Å². The number of rotatable bonds is 6. The number of halogens is 1. The van der Waals surface area contributed by atoms with E-state index in [0.717, 1.165) is 10.6 Å². The number of carbonyl (C=O) groups is 1. The number of sulfonamides is 1. The van der Waals surface area contributed by atoms with E-state index in [1.165, 1.54) is 19.2 Å². The van der Waals surface area contributed by atoms with Crippen LogP contribution in [-0.4, -0.2) is 55.0 Å². The number of aliphatic hydroxyl groups is 1. The van der Waals surface area contributed by atoms with E-state index in [1.807, 2.05) is 13.8 Å². The number of hydrogen-bond donors (Lipinski definition) is 1. The maximum Gasteiger partial charge on any atom is 0.309 e. The second-order valence-electron chi connectivity index (χ2n) is 8.04. The number of carbonyl (C=O) groups excluding carboxylic acids is 1. The predicted molar refractivity (Wildman–Crippen MR) is 119 cm³/mol. The Bertz CT molecular complexity index is 1130. The first-order valence-corrected chi connectivity index (χ1v) is 12.0. The molecular formula is C22H26FN3O5S. The van der Waals surface area contributed by atoms with Crippen LogP contribution in [0.1, 0.15) is 43.9 Å². The number of aromatic nitrogens is 2. The minimum atomic E-state index is -3.61. The van der Waals surface area contributed by atoms with Crippen molar-refractivity contribution >= 4 is 28.0 Å². The van der Waals surface area contributed by atoms with Crippen LogP contribution in [0, 0.1) is 5.82 Å². The third kappa shape index (κ3) is 5.49. The fourth-order valence-electron chi connectivity index (χ4n) is 3.33. The average molecular weight is 464 g/mol. The summed E-state index contributed by atoms with van der Waals surface area (Å²) in [5.74, 6) is -1.02. The average Bonchev–Trinajstić information content (AvgIpc) is 2.70. The Morgan fingerprint density at radius 1 is 1.25 bits per heavy atom. The molecule has 0 unspecified atom stereocenters. The van der Waals surface area contributed by atoms with Crippen LogP contribution in [0.3, 0.4) is 0 Å². The van der Waals surface area contributed by atoms with E-state index < -0.39 is 34.0 Å². The van der Waals surface area contributed by atoms with E-state index in [2.05, 4.69) is 9.97 Å². The van der Waals surface area contributed by atoms with Gasteiger partial charge in [0.15, 0.2) is 0 Å². The fraction of sp³-hybridized carbons (Fsp3) is 0.409. The molecule has 32 heavy (non-hydrogen) atoms. The third-order valence-electron chi connectivity index (χ3n) is 5.07. The molecule has 10 heteroatoms. The first kappa shape index (κ1) is 23.8. The molecule has 1 aromatic heterocycles. The van der Waals surface area contributed by atoms with Crippen LogP contribution >= 0.6 is 0 Å². The van der Waals surface area contributed by atoms with Gasteiger partial charge in [0.1, 0.15) is 11.9 Å². The molecule has 1 aromatic carbocycles. The van der Waals surface area contributed by atoms with Crippen LogP contribution in [0.15, 0.2) is 30.3 Å². The lowest BCUT2D eigenvalue weighted by Crippen LogP contribution is -2.31. The molecule has 0 amide bonds. The monoisotopic (exact) mass is 463 g/mol. The molecule has 172 valence electrons. The van der Waals surface area contributed by atoms with Crippen molar-refractivity contribution in [3.8, 4) is 11.3 Å². The zero-order chi connectivity index (χ0) is 23.6. The van der Waals surface area contributed by atoms with Crippen LogP contribution in [-0.2, 0) is 19.6 Å². The van der Waals surface area contributed by atoms with Gasteiger partial charge in [-0.05, 0) is 36.3 Å². The zero-order valence-corrected chi connectivity index (χ0v) is 19.1. The van der Waals surface area contributed by atoms with E-state index in [9.17, 15) is 22.7 Å². The highest BCUT2D eigenvalue weighted by Crippen LogP contribution is 2.32. The number of esters is 1. The SMILES string of the molecule is CC(C)c1nc(N(C)S(C)(=O)=O)nc(-c2ccc(F)cc2)c1/C=C/[C@@H]1C[C@@H](O)CC(=O)O1. The molecule has 2 atom stereocenters. The summed E-state index contributed by atoms with van der Waals surface area (Å²) in [6, 6.07) is 5.68. The van der Waals surface area contributed by atoms with Crippen molar-refractivity contribution in [3.05, 3.63) is 47.4 Å². The van der Waals surface area contributed by atoms with E-state index in [-0.39, 0.29) is 24.7 Å². The van der Waals surface area contributed by atoms with E-state index in [4.69, 9.17) is 4.74 Å². The first-order chi connectivity index (χ1) is 15.0. The number of nitrogens with zero attached hydrogens (tertiary/aromatic N) is 3. The molecule has 8 nitrogen and oxygen atoms in total. The number of benzene rings is 1. The molecule has 0 radical (unpaired) electrons. The van der Waals surface area contributed by atoms with Gasteiger partial charge in [-0.3, -0.25) is 4.79 Å². The maximum atomic E-state index is 13.5. The normalized spacial score (nSPS) is 19.4. The summed E-state index contributed by atoms with van der Waals surface area (Å²) in [6.07, 6.45) is 3.23. The van der Waals surface area contributed by atoms with Crippen molar-refractivity contribution in [2.75, 3.05) is 17.6 Å². The van der Waals surface area contributed by atoms with Gasteiger partial charge in [0.2, 0.25) is 16.0 Å². The summed E-state index contributed by atoms with van der Waals surface area (Å²) in [4.78, 5) is 20.6. The second kappa shape index (κ2) is 9.33. The number of anilines is 1. The summed E-state index contributed by atoms with van der Waals surface area (Å²) in [5.41, 5.74) is 2.14. The predicted octanol–water partition coefficient (Wildman–Crippen LogP) is 2.88. The Hall–Kier alpha value is -2.85. The van der Waals surface area contributed by atoms with Gasteiger partial charge in [-0.1, -0.05) is 19.9 Å². The Balaban J connectivity index is 2.17. The number of cyclic esters (lactones) is 1. The fourth-order valence-corrected chi connectivity index (χ4v) is 3.70. The molecule has 1 aliphatic rings. The summed E-state index contributed by atoms with van der Waals surface area (Å²) in [7, 11) is -2.25. The van der Waals surface area contributed by atoms with Crippen molar-refractivity contribution in [1.82, 2.24) is 9.97 Å². The number of ether oxygens (including phenoxy) is 1. The Morgan fingerprint density at radius 3 is 2.47 bits per heavy atom.